The van der Waals surface area contributed by atoms with Crippen LogP contribution in [0, 0.1) is 6.92 Å². The summed E-state index contributed by atoms with van der Waals surface area (Å²) < 4.78 is 3.88. The van der Waals surface area contributed by atoms with Crippen LogP contribution < -0.4 is 5.56 Å². The largest absolute Gasteiger partial charge is 0.306 e. The third-order valence-corrected chi connectivity index (χ3v) is 3.88. The van der Waals surface area contributed by atoms with Crippen molar-refractivity contribution >= 4 is 16.7 Å². The third kappa shape index (κ3) is 2.04. The Labute approximate surface area is 131 Å². The molecule has 23 heavy (non-hydrogen) atoms. The fourth-order valence-corrected chi connectivity index (χ4v) is 2.93. The lowest BCUT2D eigenvalue weighted by molar-refractivity contribution is 0.831. The van der Waals surface area contributed by atoms with Gasteiger partial charge in [0.25, 0.3) is 0 Å². The summed E-state index contributed by atoms with van der Waals surface area (Å²) in [5.41, 5.74) is 3.03. The molecule has 0 aromatic carbocycles. The zero-order valence-electron chi connectivity index (χ0n) is 12.9. The molecular weight excluding hydrogens is 292 g/mol. The number of pyridine rings is 1. The summed E-state index contributed by atoms with van der Waals surface area (Å²) in [6.07, 6.45) is 7.08. The van der Waals surface area contributed by atoms with Crippen LogP contribution in [0.2, 0.25) is 0 Å². The number of nitrogens with zero attached hydrogens (tertiary/aromatic N) is 5. The van der Waals surface area contributed by atoms with Gasteiger partial charge in [0.05, 0.1) is 5.69 Å². The number of nitrogens with one attached hydrogen (secondary N) is 1. The van der Waals surface area contributed by atoms with Gasteiger partial charge in [0.1, 0.15) is 28.8 Å². The van der Waals surface area contributed by atoms with Gasteiger partial charge >= 0.3 is 0 Å². The van der Waals surface area contributed by atoms with Crippen molar-refractivity contribution < 1.29 is 0 Å². The van der Waals surface area contributed by atoms with Crippen LogP contribution in [-0.4, -0.2) is 28.9 Å². The molecule has 4 rings (SSSR count). The Morgan fingerprint density at radius 2 is 2.13 bits per heavy atom. The summed E-state index contributed by atoms with van der Waals surface area (Å²) >= 11 is 0. The van der Waals surface area contributed by atoms with Crippen molar-refractivity contribution in [1.82, 2.24) is 28.9 Å². The standard InChI is InChI=1S/C16H16N6O/c1-3-4-12-18-10(2)14-16(21-8-7-17-9-21)19-11-5-6-13(23)20-15(11)22(12)14/h5-9H,3-4H2,1-2H3,(H,20,23). The molecule has 0 atom stereocenters. The molecule has 0 aliphatic heterocycles. The Hall–Kier alpha value is -2.96. The Bertz CT molecular complexity index is 1060. The minimum absolute atomic E-state index is 0.148. The van der Waals surface area contributed by atoms with Crippen molar-refractivity contribution in [3.05, 3.63) is 52.7 Å². The maximum absolute atomic E-state index is 11.8. The fourth-order valence-electron chi connectivity index (χ4n) is 2.93. The van der Waals surface area contributed by atoms with Crippen LogP contribution in [0.4, 0.5) is 0 Å². The van der Waals surface area contributed by atoms with Gasteiger partial charge in [-0.2, -0.15) is 0 Å². The van der Waals surface area contributed by atoms with Crippen LogP contribution in [0.5, 0.6) is 0 Å². The molecule has 7 heteroatoms. The highest BCUT2D eigenvalue weighted by atomic mass is 16.1. The smallest absolute Gasteiger partial charge is 0.249 e. The number of H-pyrrole nitrogens is 1. The van der Waals surface area contributed by atoms with Crippen molar-refractivity contribution in [3.8, 4) is 5.82 Å². The molecule has 0 amide bonds. The molecule has 0 fully saturated rings. The molecule has 116 valence electrons. The number of aryl methyl sites for hydroxylation is 2. The van der Waals surface area contributed by atoms with Gasteiger partial charge in [-0.25, -0.2) is 15.0 Å². The van der Waals surface area contributed by atoms with Crippen LogP contribution in [0.25, 0.3) is 22.5 Å². The molecule has 0 radical (unpaired) electrons. The minimum Gasteiger partial charge on any atom is -0.306 e. The summed E-state index contributed by atoms with van der Waals surface area (Å²) in [5.74, 6) is 1.69. The average Bonchev–Trinajstić information content (AvgIpc) is 3.16. The number of hydrogen-bond acceptors (Lipinski definition) is 4. The van der Waals surface area contributed by atoms with Crippen molar-refractivity contribution in [1.29, 1.82) is 0 Å². The van der Waals surface area contributed by atoms with E-state index in [0.29, 0.717) is 5.65 Å². The summed E-state index contributed by atoms with van der Waals surface area (Å²) in [6, 6.07) is 3.22. The Morgan fingerprint density at radius 1 is 1.26 bits per heavy atom. The van der Waals surface area contributed by atoms with Crippen LogP contribution >= 0.6 is 0 Å². The maximum Gasteiger partial charge on any atom is 0.249 e. The molecule has 0 aliphatic rings. The second-order valence-corrected chi connectivity index (χ2v) is 5.51. The van der Waals surface area contributed by atoms with Gasteiger partial charge in [-0.15, -0.1) is 0 Å². The summed E-state index contributed by atoms with van der Waals surface area (Å²) in [5, 5.41) is 0. The number of hydrogen-bond donors (Lipinski definition) is 1. The van der Waals surface area contributed by atoms with E-state index in [2.05, 4.69) is 16.9 Å². The van der Waals surface area contributed by atoms with Crippen molar-refractivity contribution in [3.63, 3.8) is 0 Å². The molecule has 0 bridgehead atoms. The minimum atomic E-state index is -0.148. The number of imidazole rings is 2. The van der Waals surface area contributed by atoms with Gasteiger partial charge in [0.15, 0.2) is 5.82 Å². The molecule has 0 saturated heterocycles. The first kappa shape index (κ1) is 13.7. The van der Waals surface area contributed by atoms with E-state index in [-0.39, 0.29) is 5.56 Å². The second-order valence-electron chi connectivity index (χ2n) is 5.51. The number of rotatable bonds is 3. The average molecular weight is 308 g/mol. The topological polar surface area (TPSA) is 80.9 Å². The molecule has 4 aromatic rings. The van der Waals surface area contributed by atoms with Gasteiger partial charge in [-0.3, -0.25) is 13.8 Å². The van der Waals surface area contributed by atoms with E-state index < -0.39 is 0 Å². The Morgan fingerprint density at radius 3 is 2.87 bits per heavy atom. The van der Waals surface area contributed by atoms with Gasteiger partial charge < -0.3 is 4.98 Å². The molecule has 4 heterocycles. The molecular formula is C16H16N6O. The lowest BCUT2D eigenvalue weighted by Gasteiger charge is -2.10. The first-order chi connectivity index (χ1) is 11.2. The lowest BCUT2D eigenvalue weighted by Crippen LogP contribution is -2.10. The highest BCUT2D eigenvalue weighted by Crippen LogP contribution is 2.24. The van der Waals surface area contributed by atoms with E-state index in [1.807, 2.05) is 22.1 Å². The Kier molecular flexibility index (Phi) is 3.00. The maximum atomic E-state index is 11.8. The van der Waals surface area contributed by atoms with E-state index in [4.69, 9.17) is 9.97 Å². The SMILES string of the molecule is CCCc1nc(C)c2c(-n3ccnc3)nc3ccc(=O)[nH]c3n12. The predicted molar refractivity (Wildman–Crippen MR) is 87.0 cm³/mol. The van der Waals surface area contributed by atoms with Crippen LogP contribution in [0.1, 0.15) is 24.9 Å². The monoisotopic (exact) mass is 308 g/mol. The molecule has 4 aromatic heterocycles. The van der Waals surface area contributed by atoms with Crippen molar-refractivity contribution in [2.24, 2.45) is 0 Å². The third-order valence-electron chi connectivity index (χ3n) is 3.88. The summed E-state index contributed by atoms with van der Waals surface area (Å²) in [7, 11) is 0. The van der Waals surface area contributed by atoms with E-state index in [0.717, 1.165) is 41.2 Å². The fraction of sp³-hybridized carbons (Fsp3) is 0.250. The van der Waals surface area contributed by atoms with E-state index in [1.54, 1.807) is 18.6 Å². The highest BCUT2D eigenvalue weighted by Gasteiger charge is 2.17. The number of aromatic nitrogens is 6. The van der Waals surface area contributed by atoms with Gasteiger partial charge in [0, 0.05) is 24.9 Å². The van der Waals surface area contributed by atoms with Gasteiger partial charge in [0.2, 0.25) is 5.56 Å². The highest BCUT2D eigenvalue weighted by molar-refractivity contribution is 5.80. The van der Waals surface area contributed by atoms with E-state index in [1.165, 1.54) is 6.07 Å². The predicted octanol–water partition coefficient (Wildman–Crippen LogP) is 2.02. The number of fused-ring (bicyclic) bond motifs is 3. The Balaban J connectivity index is 2.22. The lowest BCUT2D eigenvalue weighted by atomic mass is 10.3. The second kappa shape index (κ2) is 5.05. The van der Waals surface area contributed by atoms with E-state index >= 15 is 0 Å². The van der Waals surface area contributed by atoms with E-state index in [9.17, 15) is 4.79 Å². The zero-order valence-corrected chi connectivity index (χ0v) is 12.9. The summed E-state index contributed by atoms with van der Waals surface area (Å²) in [4.78, 5) is 28.2. The molecule has 0 saturated carbocycles. The molecule has 0 spiro atoms. The van der Waals surface area contributed by atoms with Gasteiger partial charge in [-0.05, 0) is 19.4 Å². The molecule has 7 nitrogen and oxygen atoms in total. The molecule has 0 aliphatic carbocycles. The zero-order chi connectivity index (χ0) is 16.0. The normalized spacial score (nSPS) is 11.6. The van der Waals surface area contributed by atoms with Crippen molar-refractivity contribution in [2.45, 2.75) is 26.7 Å². The summed E-state index contributed by atoms with van der Waals surface area (Å²) in [6.45, 7) is 4.07. The van der Waals surface area contributed by atoms with Crippen LogP contribution in [0.3, 0.4) is 0 Å². The quantitative estimate of drug-likeness (QED) is 0.628. The first-order valence-corrected chi connectivity index (χ1v) is 7.58. The van der Waals surface area contributed by atoms with Gasteiger partial charge in [-0.1, -0.05) is 6.92 Å². The number of aromatic amines is 1. The molecule has 1 N–H and O–H groups in total. The van der Waals surface area contributed by atoms with Crippen LogP contribution in [-0.2, 0) is 6.42 Å². The molecule has 0 unspecified atom stereocenters. The first-order valence-electron chi connectivity index (χ1n) is 7.58. The van der Waals surface area contributed by atoms with Crippen molar-refractivity contribution in [2.75, 3.05) is 0 Å². The van der Waals surface area contributed by atoms with Crippen LogP contribution in [0.15, 0.2) is 35.6 Å².